The average Bonchev–Trinajstić information content (AvgIpc) is 2.15. The van der Waals surface area contributed by atoms with Gasteiger partial charge in [-0.3, -0.25) is 0 Å². The van der Waals surface area contributed by atoms with Crippen molar-refractivity contribution >= 4 is 0 Å². The van der Waals surface area contributed by atoms with E-state index in [1.807, 2.05) is 18.2 Å². The second-order valence-electron chi connectivity index (χ2n) is 4.39. The maximum absolute atomic E-state index is 5.84. The van der Waals surface area contributed by atoms with Crippen LogP contribution in [0, 0.1) is 0 Å². The summed E-state index contributed by atoms with van der Waals surface area (Å²) in [7, 11) is 0. The van der Waals surface area contributed by atoms with E-state index in [0.717, 1.165) is 12.8 Å². The van der Waals surface area contributed by atoms with E-state index < -0.39 is 0 Å². The van der Waals surface area contributed by atoms with Gasteiger partial charge in [-0.2, -0.15) is 0 Å². The largest absolute Gasteiger partial charge is 0.370 e. The molecule has 1 fully saturated rings. The molecule has 0 heterocycles. The fourth-order valence-electron chi connectivity index (χ4n) is 2.00. The van der Waals surface area contributed by atoms with Crippen LogP contribution in [0.25, 0.3) is 0 Å². The quantitative estimate of drug-likeness (QED) is 0.794. The molecule has 0 aliphatic heterocycles. The molecule has 2 heteroatoms. The van der Waals surface area contributed by atoms with E-state index in [-0.39, 0.29) is 5.60 Å². The van der Waals surface area contributed by atoms with Crippen molar-refractivity contribution in [3.05, 3.63) is 35.9 Å². The van der Waals surface area contributed by atoms with E-state index in [9.17, 15) is 0 Å². The maximum Gasteiger partial charge on any atom is 0.0724 e. The Balaban J connectivity index is 1.83. The summed E-state index contributed by atoms with van der Waals surface area (Å²) in [5, 5.41) is 0. The topological polar surface area (TPSA) is 35.2 Å². The molecule has 0 radical (unpaired) electrons. The number of ether oxygens (including phenoxy) is 1. The first-order valence-electron chi connectivity index (χ1n) is 5.11. The van der Waals surface area contributed by atoms with Crippen molar-refractivity contribution in [2.45, 2.75) is 38.0 Å². The van der Waals surface area contributed by atoms with Crippen molar-refractivity contribution < 1.29 is 4.74 Å². The lowest BCUT2D eigenvalue weighted by molar-refractivity contribution is -0.104. The van der Waals surface area contributed by atoms with Crippen LogP contribution in [0.15, 0.2) is 30.3 Å². The highest BCUT2D eigenvalue weighted by molar-refractivity contribution is 5.13. The van der Waals surface area contributed by atoms with Gasteiger partial charge in [-0.15, -0.1) is 0 Å². The zero-order valence-corrected chi connectivity index (χ0v) is 8.57. The van der Waals surface area contributed by atoms with Crippen LogP contribution >= 0.6 is 0 Å². The predicted molar refractivity (Wildman–Crippen MR) is 56.8 cm³/mol. The van der Waals surface area contributed by atoms with Crippen molar-refractivity contribution in [2.75, 3.05) is 0 Å². The molecule has 0 aromatic heterocycles. The first kappa shape index (κ1) is 9.69. The van der Waals surface area contributed by atoms with Gasteiger partial charge in [0.05, 0.1) is 12.2 Å². The van der Waals surface area contributed by atoms with Gasteiger partial charge in [-0.05, 0) is 25.3 Å². The van der Waals surface area contributed by atoms with Gasteiger partial charge in [0.15, 0.2) is 0 Å². The zero-order chi connectivity index (χ0) is 10.0. The van der Waals surface area contributed by atoms with E-state index in [1.165, 1.54) is 5.56 Å². The Morgan fingerprint density at radius 1 is 1.36 bits per heavy atom. The van der Waals surface area contributed by atoms with Crippen molar-refractivity contribution in [3.8, 4) is 0 Å². The molecular formula is C12H17NO. The molecule has 1 aromatic rings. The van der Waals surface area contributed by atoms with Crippen LogP contribution in [0.2, 0.25) is 0 Å². The summed E-state index contributed by atoms with van der Waals surface area (Å²) in [5.41, 5.74) is 7.00. The molecule has 2 nitrogen and oxygen atoms in total. The van der Waals surface area contributed by atoms with Crippen molar-refractivity contribution in [1.29, 1.82) is 0 Å². The third-order valence-corrected chi connectivity index (χ3v) is 2.82. The molecule has 2 N–H and O–H groups in total. The highest BCUT2D eigenvalue weighted by Crippen LogP contribution is 2.34. The van der Waals surface area contributed by atoms with Gasteiger partial charge in [-0.25, -0.2) is 0 Å². The molecule has 1 aliphatic rings. The van der Waals surface area contributed by atoms with E-state index >= 15 is 0 Å². The van der Waals surface area contributed by atoms with Crippen LogP contribution in [-0.2, 0) is 11.3 Å². The monoisotopic (exact) mass is 191 g/mol. The van der Waals surface area contributed by atoms with Gasteiger partial charge in [0.25, 0.3) is 0 Å². The number of hydrogen-bond acceptors (Lipinski definition) is 2. The number of nitrogens with two attached hydrogens (primary N) is 1. The molecule has 76 valence electrons. The van der Waals surface area contributed by atoms with Gasteiger partial charge in [0.1, 0.15) is 0 Å². The Labute approximate surface area is 85.1 Å². The number of benzene rings is 1. The highest BCUT2D eigenvalue weighted by Gasteiger charge is 2.38. The molecule has 2 rings (SSSR count). The van der Waals surface area contributed by atoms with E-state index in [1.54, 1.807) is 0 Å². The molecule has 0 unspecified atom stereocenters. The van der Waals surface area contributed by atoms with Gasteiger partial charge in [0, 0.05) is 6.04 Å². The number of rotatable bonds is 3. The third kappa shape index (κ3) is 2.14. The van der Waals surface area contributed by atoms with Gasteiger partial charge < -0.3 is 10.5 Å². The van der Waals surface area contributed by atoms with Crippen LogP contribution < -0.4 is 5.73 Å². The molecule has 1 saturated carbocycles. The minimum atomic E-state index is 0.0231. The summed E-state index contributed by atoms with van der Waals surface area (Å²) in [6.07, 6.45) is 1.97. The number of hydrogen-bond donors (Lipinski definition) is 1. The fraction of sp³-hybridized carbons (Fsp3) is 0.500. The molecule has 1 aliphatic carbocycles. The van der Waals surface area contributed by atoms with E-state index in [0.29, 0.717) is 12.6 Å². The van der Waals surface area contributed by atoms with E-state index in [2.05, 4.69) is 19.1 Å². The first-order chi connectivity index (χ1) is 6.68. The van der Waals surface area contributed by atoms with Crippen LogP contribution in [-0.4, -0.2) is 11.6 Å². The second-order valence-corrected chi connectivity index (χ2v) is 4.39. The summed E-state index contributed by atoms with van der Waals surface area (Å²) < 4.78 is 5.84. The molecule has 0 bridgehead atoms. The minimum Gasteiger partial charge on any atom is -0.370 e. The van der Waals surface area contributed by atoms with Crippen LogP contribution in [0.3, 0.4) is 0 Å². The van der Waals surface area contributed by atoms with Gasteiger partial charge in [0.2, 0.25) is 0 Å². The van der Waals surface area contributed by atoms with Crippen LogP contribution in [0.5, 0.6) is 0 Å². The van der Waals surface area contributed by atoms with Gasteiger partial charge in [-0.1, -0.05) is 30.3 Å². The highest BCUT2D eigenvalue weighted by atomic mass is 16.5. The van der Waals surface area contributed by atoms with Crippen molar-refractivity contribution in [1.82, 2.24) is 0 Å². The van der Waals surface area contributed by atoms with Gasteiger partial charge >= 0.3 is 0 Å². The predicted octanol–water partition coefficient (Wildman–Crippen LogP) is 2.08. The summed E-state index contributed by atoms with van der Waals surface area (Å²) in [5.74, 6) is 0. The Bertz CT molecular complexity index is 290. The Hall–Kier alpha value is -0.860. The second kappa shape index (κ2) is 3.71. The first-order valence-corrected chi connectivity index (χ1v) is 5.11. The van der Waals surface area contributed by atoms with Crippen molar-refractivity contribution in [3.63, 3.8) is 0 Å². The summed E-state index contributed by atoms with van der Waals surface area (Å²) in [6, 6.07) is 10.6. The molecule has 0 atom stereocenters. The summed E-state index contributed by atoms with van der Waals surface area (Å²) in [4.78, 5) is 0. The Morgan fingerprint density at radius 3 is 2.57 bits per heavy atom. The zero-order valence-electron chi connectivity index (χ0n) is 8.57. The smallest absolute Gasteiger partial charge is 0.0724 e. The lowest BCUT2D eigenvalue weighted by Gasteiger charge is -2.43. The molecule has 0 amide bonds. The molecule has 14 heavy (non-hydrogen) atoms. The third-order valence-electron chi connectivity index (χ3n) is 2.82. The summed E-state index contributed by atoms with van der Waals surface area (Å²) in [6.45, 7) is 2.84. The normalized spacial score (nSPS) is 31.1. The van der Waals surface area contributed by atoms with Crippen LogP contribution in [0.1, 0.15) is 25.3 Å². The molecule has 0 saturated heterocycles. The molecular weight excluding hydrogens is 174 g/mol. The fourth-order valence-corrected chi connectivity index (χ4v) is 2.00. The Morgan fingerprint density at radius 2 is 2.00 bits per heavy atom. The maximum atomic E-state index is 5.84. The van der Waals surface area contributed by atoms with Crippen LogP contribution in [0.4, 0.5) is 0 Å². The molecule has 0 spiro atoms. The lowest BCUT2D eigenvalue weighted by Crippen LogP contribution is -2.50. The SMILES string of the molecule is CC1(OCc2ccccc2)CC(N)C1. The Kier molecular flexibility index (Phi) is 2.57. The standard InChI is InChI=1S/C12H17NO/c1-12(7-11(13)8-12)14-9-10-5-3-2-4-6-10/h2-6,11H,7-9,13H2,1H3. The summed E-state index contributed by atoms with van der Waals surface area (Å²) >= 11 is 0. The lowest BCUT2D eigenvalue weighted by atomic mass is 9.77. The minimum absolute atomic E-state index is 0.0231. The van der Waals surface area contributed by atoms with Crippen molar-refractivity contribution in [2.24, 2.45) is 5.73 Å². The molecule has 1 aromatic carbocycles. The average molecular weight is 191 g/mol. The van der Waals surface area contributed by atoms with E-state index in [4.69, 9.17) is 10.5 Å².